The summed E-state index contributed by atoms with van der Waals surface area (Å²) in [5, 5.41) is 68.7. The van der Waals surface area contributed by atoms with E-state index in [1.165, 1.54) is 53.2 Å². The molecule has 0 saturated carbocycles. The number of carbonyl (C=O) groups is 3. The number of aliphatic hydroxyl groups is 2. The van der Waals surface area contributed by atoms with Gasteiger partial charge in [-0.05, 0) is 40.7 Å². The van der Waals surface area contributed by atoms with Crippen LogP contribution in [0.3, 0.4) is 0 Å². The summed E-state index contributed by atoms with van der Waals surface area (Å²) in [6, 6.07) is 0. The first kappa shape index (κ1) is 47.2. The number of aliphatic hydroxyl groups excluding tert-OH is 2. The number of carbonyl (C=O) groups excluding carboxylic acids is 3. The van der Waals surface area contributed by atoms with Crippen LogP contribution >= 0.6 is 0 Å². The van der Waals surface area contributed by atoms with E-state index in [0.717, 1.165) is 6.21 Å². The minimum atomic E-state index is -2.07. The summed E-state index contributed by atoms with van der Waals surface area (Å²) in [5.74, 6) is -8.09. The first-order valence-electron chi connectivity index (χ1n) is 20.1. The van der Waals surface area contributed by atoms with Crippen LogP contribution < -0.4 is 10.1 Å². The van der Waals surface area contributed by atoms with Gasteiger partial charge in [0.25, 0.3) is 11.7 Å². The summed E-state index contributed by atoms with van der Waals surface area (Å²) in [5.41, 5.74) is -0.591. The van der Waals surface area contributed by atoms with Gasteiger partial charge >= 0.3 is 11.8 Å². The van der Waals surface area contributed by atoms with Crippen molar-refractivity contribution in [3.8, 4) is 23.0 Å². The number of esters is 1. The zero-order valence-corrected chi connectivity index (χ0v) is 36.4. The molecule has 3 heterocycles. The molecule has 0 spiro atoms. The van der Waals surface area contributed by atoms with Crippen molar-refractivity contribution in [2.45, 2.75) is 106 Å². The smallest absolute Gasteiger partial charge is 0.312 e. The molecule has 5 bridgehead atoms. The Morgan fingerprint density at radius 3 is 2.20 bits per heavy atom. The summed E-state index contributed by atoms with van der Waals surface area (Å²) >= 11 is 0. The quantitative estimate of drug-likeness (QED) is 0.0502. The molecule has 2 aromatic carbocycles. The maximum Gasteiger partial charge on any atom is 0.312 e. The molecule has 6 N–H and O–H groups in total. The number of benzene rings is 2. The van der Waals surface area contributed by atoms with Crippen molar-refractivity contribution in [2.75, 3.05) is 25.5 Å². The Labute approximate surface area is 350 Å². The van der Waals surface area contributed by atoms with E-state index in [1.54, 1.807) is 46.8 Å². The number of nitrogens with zero attached hydrogens (tertiary/aromatic N) is 3. The van der Waals surface area contributed by atoms with Gasteiger partial charge in [0.2, 0.25) is 0 Å². The second kappa shape index (κ2) is 19.3. The number of nitrogens with one attached hydrogen (secondary N) is 1. The highest BCUT2D eigenvalue weighted by Gasteiger charge is 2.50. The van der Waals surface area contributed by atoms with Gasteiger partial charge in [0, 0.05) is 74.2 Å². The number of Topliss-reactive ketones (excluding diaryl/α,β-unsaturated/α-hetero) is 1. The molecule has 1 amide bonds. The fourth-order valence-electron chi connectivity index (χ4n) is 7.79. The topological polar surface area (TPSA) is 229 Å². The van der Waals surface area contributed by atoms with E-state index < -0.39 is 88.8 Å². The van der Waals surface area contributed by atoms with Gasteiger partial charge in [-0.25, -0.2) is 0 Å². The molecule has 0 saturated heterocycles. The number of ketones is 1. The summed E-state index contributed by atoms with van der Waals surface area (Å²) < 4.78 is 23.6. The Balaban J connectivity index is 2.00. The third kappa shape index (κ3) is 9.30. The predicted molar refractivity (Wildman–Crippen MR) is 227 cm³/mol. The third-order valence-corrected chi connectivity index (χ3v) is 11.6. The first-order valence-corrected chi connectivity index (χ1v) is 20.1. The van der Waals surface area contributed by atoms with Crippen LogP contribution in [0.25, 0.3) is 10.8 Å². The standard InChI is InChI=1S/C44H60N4O12/c1-13-48(14-2)27(9)47-45-20-29-34-39(54)32-31(38(29)53)33-41(26(8)37(32)52)60-44(11,42(33)55)58-19-18-30(57-12)23(5)40(59-28(10)49)25(7)36(51)24(6)35(50)21(3)16-15-17-22(4)43(56)46-34/h15-21,23-25,30,35-36,40,50-54H,13-14H2,1-12H3,(H,46,56)/t21?,23?,24?,25?,30?,35?,36?,40?,44-/m0/s1. The van der Waals surface area contributed by atoms with E-state index in [1.807, 2.05) is 18.7 Å². The minimum Gasteiger partial charge on any atom is -0.507 e. The molecule has 0 radical (unpaired) electrons. The zero-order valence-electron chi connectivity index (χ0n) is 36.4. The molecular weight excluding hydrogens is 776 g/mol. The fourth-order valence-corrected chi connectivity index (χ4v) is 7.79. The van der Waals surface area contributed by atoms with Crippen molar-refractivity contribution in [2.24, 2.45) is 33.9 Å². The van der Waals surface area contributed by atoms with Gasteiger partial charge in [0.05, 0.1) is 53.0 Å². The van der Waals surface area contributed by atoms with E-state index in [4.69, 9.17) is 18.9 Å². The van der Waals surface area contributed by atoms with E-state index in [9.17, 15) is 39.9 Å². The number of amides is 1. The molecule has 60 heavy (non-hydrogen) atoms. The highest BCUT2D eigenvalue weighted by molar-refractivity contribution is 6.23. The van der Waals surface area contributed by atoms with Crippen molar-refractivity contribution in [1.82, 2.24) is 4.90 Å². The molecule has 0 fully saturated rings. The number of amidine groups is 1. The lowest BCUT2D eigenvalue weighted by Gasteiger charge is -2.38. The van der Waals surface area contributed by atoms with Crippen molar-refractivity contribution in [1.29, 1.82) is 0 Å². The largest absolute Gasteiger partial charge is 0.507 e. The van der Waals surface area contributed by atoms with Crippen molar-refractivity contribution in [3.05, 3.63) is 52.8 Å². The Morgan fingerprint density at radius 2 is 1.60 bits per heavy atom. The number of anilines is 1. The van der Waals surface area contributed by atoms with Gasteiger partial charge in [-0.1, -0.05) is 45.9 Å². The van der Waals surface area contributed by atoms with Crippen LogP contribution in [0.2, 0.25) is 0 Å². The number of ether oxygens (including phenoxy) is 4. The maximum atomic E-state index is 14.4. The van der Waals surface area contributed by atoms with E-state index in [0.29, 0.717) is 18.9 Å². The van der Waals surface area contributed by atoms with Gasteiger partial charge in [0.1, 0.15) is 29.2 Å². The Kier molecular flexibility index (Phi) is 15.2. The molecule has 0 aromatic heterocycles. The third-order valence-electron chi connectivity index (χ3n) is 11.6. The van der Waals surface area contributed by atoms with Crippen LogP contribution in [-0.2, 0) is 23.8 Å². The molecule has 16 heteroatoms. The fraction of sp³-hybridized carbons (Fsp3) is 0.523. The van der Waals surface area contributed by atoms with Crippen LogP contribution in [0.5, 0.6) is 23.0 Å². The number of phenols is 3. The van der Waals surface area contributed by atoms with Gasteiger partial charge in [-0.2, -0.15) is 5.10 Å². The Bertz CT molecular complexity index is 2120. The van der Waals surface area contributed by atoms with Gasteiger partial charge in [-0.3, -0.25) is 14.4 Å². The molecule has 2 aromatic rings. The number of aromatic hydroxyl groups is 3. The molecule has 0 aliphatic carbocycles. The number of hydrogen-bond acceptors (Lipinski definition) is 14. The van der Waals surface area contributed by atoms with Gasteiger partial charge < -0.3 is 54.7 Å². The molecule has 3 aliphatic rings. The minimum absolute atomic E-state index is 0.0347. The first-order chi connectivity index (χ1) is 28.2. The van der Waals surface area contributed by atoms with E-state index >= 15 is 0 Å². The lowest BCUT2D eigenvalue weighted by atomic mass is 9.78. The lowest BCUT2D eigenvalue weighted by molar-refractivity contribution is -0.160. The molecule has 3 aliphatic heterocycles. The van der Waals surface area contributed by atoms with Crippen LogP contribution in [-0.4, -0.2) is 111 Å². The number of fused-ring (bicyclic) bond motifs is 14. The van der Waals surface area contributed by atoms with Crippen molar-refractivity contribution in [3.63, 3.8) is 0 Å². The lowest BCUT2D eigenvalue weighted by Crippen LogP contribution is -2.46. The number of methoxy groups -OCH3 is 1. The Hall–Kier alpha value is -5.45. The van der Waals surface area contributed by atoms with Gasteiger partial charge in [-0.15, -0.1) is 5.10 Å². The van der Waals surface area contributed by atoms with E-state index in [-0.39, 0.29) is 44.5 Å². The summed E-state index contributed by atoms with van der Waals surface area (Å²) in [6.45, 7) is 19.4. The normalized spacial score (nSPS) is 28.2. The summed E-state index contributed by atoms with van der Waals surface area (Å²) in [4.78, 5) is 42.4. The van der Waals surface area contributed by atoms with Crippen LogP contribution in [0.15, 0.2) is 46.3 Å². The maximum absolute atomic E-state index is 14.4. The zero-order chi connectivity index (χ0) is 45.0. The molecule has 16 nitrogen and oxygen atoms in total. The molecule has 9 atom stereocenters. The molecule has 328 valence electrons. The van der Waals surface area contributed by atoms with Crippen LogP contribution in [0.1, 0.15) is 90.7 Å². The second-order valence-corrected chi connectivity index (χ2v) is 15.7. The highest BCUT2D eigenvalue weighted by atomic mass is 16.7. The molecule has 8 unspecified atom stereocenters. The summed E-state index contributed by atoms with van der Waals surface area (Å²) in [7, 11) is 1.43. The van der Waals surface area contributed by atoms with Crippen LogP contribution in [0.4, 0.5) is 5.69 Å². The summed E-state index contributed by atoms with van der Waals surface area (Å²) in [6.07, 6.45) is 4.58. The van der Waals surface area contributed by atoms with Gasteiger partial charge in [0.15, 0.2) is 5.75 Å². The monoisotopic (exact) mass is 836 g/mol. The van der Waals surface area contributed by atoms with Crippen molar-refractivity contribution < 1.29 is 58.9 Å². The molecular formula is C44H60N4O12. The number of allylic oxidation sites excluding steroid dienone is 2. The Morgan fingerprint density at radius 1 is 0.950 bits per heavy atom. The van der Waals surface area contributed by atoms with E-state index in [2.05, 4.69) is 15.5 Å². The SMILES string of the molecule is CCN(CC)C(C)=NN=Cc1c2c(O)c3c(O)c(C)c4c(c3c1O)C(=O)[C@@](C)(OC=CC(OC)C(C)C(OC(C)=O)C(C)C(O)C(C)C(O)C(C)C=CC=C(C)C(=O)N2)O4. The highest BCUT2D eigenvalue weighted by Crippen LogP contribution is 2.55. The second-order valence-electron chi connectivity index (χ2n) is 15.7. The number of hydrogen-bond donors (Lipinski definition) is 6. The average Bonchev–Trinajstić information content (AvgIpc) is 3.47. The number of phenolic OH excluding ortho intramolecular Hbond substituents is 3. The number of rotatable bonds is 6. The average molecular weight is 837 g/mol. The predicted octanol–water partition coefficient (Wildman–Crippen LogP) is 5.85. The van der Waals surface area contributed by atoms with Crippen molar-refractivity contribution >= 4 is 46.2 Å². The van der Waals surface area contributed by atoms with Crippen LogP contribution in [0, 0.1) is 30.6 Å². The molecule has 5 rings (SSSR count).